The molecule has 6 nitrogen and oxygen atoms in total. The number of amides is 2. The molecule has 2 N–H and O–H groups in total. The van der Waals surface area contributed by atoms with Crippen LogP contribution in [0.3, 0.4) is 0 Å². The number of unbranched alkanes of at least 4 members (excludes halogenated alkanes) is 3. The molecule has 0 fully saturated rings. The number of primary amides is 1. The third-order valence-corrected chi connectivity index (χ3v) is 1.67. The van der Waals surface area contributed by atoms with Crippen LogP contribution >= 0.6 is 0 Å². The Morgan fingerprint density at radius 2 is 2.08 bits per heavy atom. The zero-order valence-electron chi connectivity index (χ0n) is 7.73. The molecule has 0 aromatic heterocycles. The molecule has 0 rings (SSSR count). The lowest BCUT2D eigenvalue weighted by atomic mass is 10.2. The van der Waals surface area contributed by atoms with Gasteiger partial charge in [-0.05, 0) is 11.4 Å². The van der Waals surface area contributed by atoms with E-state index in [0.717, 1.165) is 19.3 Å². The van der Waals surface area contributed by atoms with Crippen LogP contribution in [0.5, 0.6) is 0 Å². The number of hydrogen-bond donors (Lipinski definition) is 1. The molecule has 0 aliphatic rings. The van der Waals surface area contributed by atoms with Gasteiger partial charge in [0.05, 0.1) is 6.54 Å². The van der Waals surface area contributed by atoms with Gasteiger partial charge in [0.25, 0.3) is 0 Å². The summed E-state index contributed by atoms with van der Waals surface area (Å²) in [5.74, 6) is 0. The second-order valence-electron chi connectivity index (χ2n) is 2.76. The maximum Gasteiger partial charge on any atom is 0.372 e. The highest BCUT2D eigenvalue weighted by atomic mass is 16.7. The number of nitrogens with zero attached hydrogens (tertiary/aromatic N) is 2. The van der Waals surface area contributed by atoms with Crippen LogP contribution in [0.25, 0.3) is 0 Å². The van der Waals surface area contributed by atoms with E-state index in [1.807, 2.05) is 6.92 Å². The van der Waals surface area contributed by atoms with Crippen LogP contribution < -0.4 is 5.73 Å². The van der Waals surface area contributed by atoms with Gasteiger partial charge in [-0.25, -0.2) is 14.9 Å². The largest absolute Gasteiger partial charge is 0.372 e. The van der Waals surface area contributed by atoms with E-state index < -0.39 is 11.1 Å². The Morgan fingerprint density at radius 1 is 1.46 bits per heavy atom. The summed E-state index contributed by atoms with van der Waals surface area (Å²) in [5, 5.41) is 9.91. The van der Waals surface area contributed by atoms with Gasteiger partial charge in [0.15, 0.2) is 5.03 Å². The molecule has 2 amide bonds. The second kappa shape index (κ2) is 6.22. The Morgan fingerprint density at radius 3 is 2.46 bits per heavy atom. The summed E-state index contributed by atoms with van der Waals surface area (Å²) in [4.78, 5) is 20.7. The highest BCUT2D eigenvalue weighted by Gasteiger charge is 2.19. The molecule has 0 saturated heterocycles. The molecular formula is C7H15N3O3. The van der Waals surface area contributed by atoms with Crippen molar-refractivity contribution in [3.8, 4) is 0 Å². The predicted octanol–water partition coefficient (Wildman–Crippen LogP) is 1.14. The van der Waals surface area contributed by atoms with E-state index in [1.165, 1.54) is 0 Å². The molecule has 0 heterocycles. The fourth-order valence-electron chi connectivity index (χ4n) is 0.961. The summed E-state index contributed by atoms with van der Waals surface area (Å²) < 4.78 is 0. The van der Waals surface area contributed by atoms with Crippen molar-refractivity contribution in [2.45, 2.75) is 32.6 Å². The first kappa shape index (κ1) is 11.7. The van der Waals surface area contributed by atoms with E-state index in [1.54, 1.807) is 0 Å². The minimum absolute atomic E-state index is 0.0995. The van der Waals surface area contributed by atoms with Gasteiger partial charge < -0.3 is 5.73 Å². The molecule has 0 aromatic rings. The number of hydrazine groups is 1. The quantitative estimate of drug-likeness (QED) is 0.386. The van der Waals surface area contributed by atoms with Crippen molar-refractivity contribution in [2.24, 2.45) is 5.73 Å². The van der Waals surface area contributed by atoms with Crippen molar-refractivity contribution in [3.05, 3.63) is 10.1 Å². The number of carbonyl (C=O) groups is 1. The fraction of sp³-hybridized carbons (Fsp3) is 0.857. The van der Waals surface area contributed by atoms with Crippen LogP contribution in [0, 0.1) is 10.1 Å². The average molecular weight is 189 g/mol. The molecule has 0 spiro atoms. The highest BCUT2D eigenvalue weighted by Crippen LogP contribution is 2.01. The second-order valence-corrected chi connectivity index (χ2v) is 2.76. The van der Waals surface area contributed by atoms with Crippen molar-refractivity contribution in [2.75, 3.05) is 6.54 Å². The van der Waals surface area contributed by atoms with Gasteiger partial charge in [-0.1, -0.05) is 26.2 Å². The summed E-state index contributed by atoms with van der Waals surface area (Å²) in [5.41, 5.74) is 4.80. The fourth-order valence-corrected chi connectivity index (χ4v) is 0.961. The molecule has 76 valence electrons. The molecule has 0 aliphatic heterocycles. The molecule has 0 aliphatic carbocycles. The first-order valence-electron chi connectivity index (χ1n) is 4.30. The smallest absolute Gasteiger partial charge is 0.347 e. The first-order chi connectivity index (χ1) is 6.09. The van der Waals surface area contributed by atoms with Crippen molar-refractivity contribution in [1.29, 1.82) is 0 Å². The lowest BCUT2D eigenvalue weighted by molar-refractivity contribution is -0.632. The Labute approximate surface area is 76.8 Å². The van der Waals surface area contributed by atoms with Crippen LogP contribution in [0.2, 0.25) is 0 Å². The van der Waals surface area contributed by atoms with Gasteiger partial charge in [0.2, 0.25) is 0 Å². The van der Waals surface area contributed by atoms with Crippen LogP contribution in [-0.4, -0.2) is 22.6 Å². The highest BCUT2D eigenvalue weighted by molar-refractivity contribution is 5.70. The van der Waals surface area contributed by atoms with Crippen molar-refractivity contribution >= 4 is 6.03 Å². The number of carbonyl (C=O) groups excluding carboxylic acids is 1. The normalized spacial score (nSPS) is 9.62. The Balaban J connectivity index is 3.71. The monoisotopic (exact) mass is 189 g/mol. The number of hydrogen-bond acceptors (Lipinski definition) is 3. The molecule has 0 bridgehead atoms. The average Bonchev–Trinajstić information content (AvgIpc) is 2.02. The molecule has 0 unspecified atom stereocenters. The molecule has 13 heavy (non-hydrogen) atoms. The third kappa shape index (κ3) is 5.00. The molecular weight excluding hydrogens is 174 g/mol. The number of urea groups is 1. The summed E-state index contributed by atoms with van der Waals surface area (Å²) in [6, 6.07) is -0.999. The molecule has 0 radical (unpaired) electrons. The van der Waals surface area contributed by atoms with E-state index >= 15 is 0 Å². The zero-order chi connectivity index (χ0) is 10.3. The lowest BCUT2D eigenvalue weighted by Crippen LogP contribution is -2.40. The topological polar surface area (TPSA) is 89.5 Å². The van der Waals surface area contributed by atoms with E-state index in [9.17, 15) is 14.9 Å². The van der Waals surface area contributed by atoms with Gasteiger partial charge in [-0.3, -0.25) is 0 Å². The minimum atomic E-state index is -0.999. The zero-order valence-corrected chi connectivity index (χ0v) is 7.73. The Kier molecular flexibility index (Phi) is 5.58. The minimum Gasteiger partial charge on any atom is -0.347 e. The van der Waals surface area contributed by atoms with Crippen LogP contribution in [-0.2, 0) is 0 Å². The maximum absolute atomic E-state index is 10.5. The molecule has 0 aromatic carbocycles. The van der Waals surface area contributed by atoms with Gasteiger partial charge in [-0.15, -0.1) is 0 Å². The Bertz CT molecular complexity index is 170. The summed E-state index contributed by atoms with van der Waals surface area (Å²) in [7, 11) is 0. The standard InChI is InChI=1S/C7H15N3O3/c1-2-3-4-5-6-9(7(8)11)10(12)13/h2-6H2,1H3,(H2,8,11). The summed E-state index contributed by atoms with van der Waals surface area (Å²) in [6.07, 6.45) is 3.57. The first-order valence-corrected chi connectivity index (χ1v) is 4.30. The van der Waals surface area contributed by atoms with E-state index in [2.05, 4.69) is 0 Å². The molecule has 0 atom stereocenters. The van der Waals surface area contributed by atoms with E-state index in [4.69, 9.17) is 5.73 Å². The molecule has 6 heteroatoms. The Hall–Kier alpha value is -1.33. The lowest BCUT2D eigenvalue weighted by Gasteiger charge is -2.08. The van der Waals surface area contributed by atoms with Gasteiger partial charge in [0, 0.05) is 0 Å². The van der Waals surface area contributed by atoms with E-state index in [0.29, 0.717) is 11.4 Å². The predicted molar refractivity (Wildman–Crippen MR) is 47.4 cm³/mol. The van der Waals surface area contributed by atoms with Crippen molar-refractivity contribution < 1.29 is 9.83 Å². The van der Waals surface area contributed by atoms with Crippen LogP contribution in [0.15, 0.2) is 0 Å². The summed E-state index contributed by atoms with van der Waals surface area (Å²) in [6.45, 7) is 2.14. The van der Waals surface area contributed by atoms with Crippen LogP contribution in [0.4, 0.5) is 4.79 Å². The van der Waals surface area contributed by atoms with Crippen molar-refractivity contribution in [1.82, 2.24) is 5.01 Å². The van der Waals surface area contributed by atoms with Crippen molar-refractivity contribution in [3.63, 3.8) is 0 Å². The van der Waals surface area contributed by atoms with Gasteiger partial charge >= 0.3 is 6.03 Å². The number of nitro groups is 1. The van der Waals surface area contributed by atoms with Gasteiger partial charge in [-0.2, -0.15) is 0 Å². The van der Waals surface area contributed by atoms with Crippen LogP contribution in [0.1, 0.15) is 32.6 Å². The molecule has 0 saturated carbocycles. The van der Waals surface area contributed by atoms with E-state index in [-0.39, 0.29) is 6.54 Å². The third-order valence-electron chi connectivity index (χ3n) is 1.67. The van der Waals surface area contributed by atoms with Gasteiger partial charge in [0.1, 0.15) is 0 Å². The maximum atomic E-state index is 10.5. The number of rotatable bonds is 6. The number of nitrogens with two attached hydrogens (primary N) is 1. The summed E-state index contributed by atoms with van der Waals surface area (Å²) >= 11 is 0. The SMILES string of the molecule is CCCCCCN(C(N)=O)[N+](=O)[O-].